The number of aryl methyl sites for hydroxylation is 1. The molecule has 3 heterocycles. The average Bonchev–Trinajstić information content (AvgIpc) is 3.13. The average molecular weight is 407 g/mol. The van der Waals surface area contributed by atoms with Gasteiger partial charge < -0.3 is 14.4 Å². The van der Waals surface area contributed by atoms with E-state index in [2.05, 4.69) is 16.0 Å². The molecule has 5 aromatic rings. The third-order valence-electron chi connectivity index (χ3n) is 5.33. The summed E-state index contributed by atoms with van der Waals surface area (Å²) in [7, 11) is 1.83. The van der Waals surface area contributed by atoms with Gasteiger partial charge in [0.25, 0.3) is 0 Å². The molecular weight excluding hydrogens is 386 g/mol. The van der Waals surface area contributed by atoms with E-state index in [0.717, 1.165) is 44.6 Å². The normalized spacial score (nSPS) is 11.0. The smallest absolute Gasteiger partial charge is 0.199 e. The van der Waals surface area contributed by atoms with Crippen LogP contribution in [-0.2, 0) is 13.7 Å². The van der Waals surface area contributed by atoms with Crippen molar-refractivity contribution in [3.05, 3.63) is 97.1 Å². The minimum atomic E-state index is 0.223. The Hall–Kier alpha value is -4.12. The highest BCUT2D eigenvalue weighted by atomic mass is 16.5. The summed E-state index contributed by atoms with van der Waals surface area (Å²) in [4.78, 5) is 8.73. The van der Waals surface area contributed by atoms with E-state index in [1.54, 1.807) is 17.0 Å². The summed E-state index contributed by atoms with van der Waals surface area (Å²) in [5.41, 5.74) is 5.50. The van der Waals surface area contributed by atoms with Crippen LogP contribution in [0.4, 0.5) is 0 Å². The number of rotatable bonds is 5. The van der Waals surface area contributed by atoms with Gasteiger partial charge in [0.2, 0.25) is 0 Å². The Balaban J connectivity index is 1.38. The highest BCUT2D eigenvalue weighted by Crippen LogP contribution is 2.40. The Bertz CT molecular complexity index is 1340. The fourth-order valence-electron chi connectivity index (χ4n) is 3.71. The zero-order chi connectivity index (χ0) is 21.2. The van der Waals surface area contributed by atoms with Crippen LogP contribution in [0.25, 0.3) is 33.2 Å². The van der Waals surface area contributed by atoms with Crippen molar-refractivity contribution in [2.24, 2.45) is 7.05 Å². The van der Waals surface area contributed by atoms with Crippen molar-refractivity contribution in [2.45, 2.75) is 6.61 Å². The predicted molar refractivity (Wildman–Crippen MR) is 122 cm³/mol. The maximum atomic E-state index is 10.6. The highest BCUT2D eigenvalue weighted by molar-refractivity contribution is 5.87. The first-order valence-corrected chi connectivity index (χ1v) is 10.1. The maximum Gasteiger partial charge on any atom is 0.199 e. The van der Waals surface area contributed by atoms with Crippen LogP contribution in [-0.4, -0.2) is 19.6 Å². The lowest BCUT2D eigenvalue weighted by molar-refractivity contribution is 0.302. The maximum absolute atomic E-state index is 10.6. The summed E-state index contributed by atoms with van der Waals surface area (Å²) < 4.78 is 7.67. The molecule has 0 fully saturated rings. The second-order valence-corrected chi connectivity index (χ2v) is 7.40. The SMILES string of the molecule is Cn1cc(-c2ccncc2)c(-c2ccc(OCc3ccc4ccccc4n3)cc2)c1O. The van der Waals surface area contributed by atoms with Gasteiger partial charge in [-0.3, -0.25) is 4.98 Å². The van der Waals surface area contributed by atoms with E-state index < -0.39 is 0 Å². The van der Waals surface area contributed by atoms with E-state index >= 15 is 0 Å². The molecule has 31 heavy (non-hydrogen) atoms. The van der Waals surface area contributed by atoms with Gasteiger partial charge in [0.15, 0.2) is 5.88 Å². The molecule has 0 radical (unpaired) electrons. The zero-order valence-corrected chi connectivity index (χ0v) is 17.1. The van der Waals surface area contributed by atoms with Crippen molar-refractivity contribution in [3.63, 3.8) is 0 Å². The van der Waals surface area contributed by atoms with Gasteiger partial charge in [0.05, 0.1) is 16.8 Å². The summed E-state index contributed by atoms with van der Waals surface area (Å²) in [5, 5.41) is 11.8. The Morgan fingerprint density at radius 1 is 0.871 bits per heavy atom. The molecule has 0 saturated carbocycles. The number of benzene rings is 2. The van der Waals surface area contributed by atoms with Crippen molar-refractivity contribution in [1.29, 1.82) is 0 Å². The minimum Gasteiger partial charge on any atom is -0.494 e. The van der Waals surface area contributed by atoms with Gasteiger partial charge in [-0.1, -0.05) is 36.4 Å². The quantitative estimate of drug-likeness (QED) is 0.413. The van der Waals surface area contributed by atoms with Crippen LogP contribution >= 0.6 is 0 Å². The lowest BCUT2D eigenvalue weighted by Crippen LogP contribution is -1.98. The summed E-state index contributed by atoms with van der Waals surface area (Å²) >= 11 is 0. The summed E-state index contributed by atoms with van der Waals surface area (Å²) in [6.07, 6.45) is 5.43. The van der Waals surface area contributed by atoms with Crippen molar-refractivity contribution in [2.75, 3.05) is 0 Å². The van der Waals surface area contributed by atoms with Crippen LogP contribution in [0.15, 0.2) is 91.4 Å². The highest BCUT2D eigenvalue weighted by Gasteiger charge is 2.17. The van der Waals surface area contributed by atoms with E-state index in [-0.39, 0.29) is 5.88 Å². The first kappa shape index (κ1) is 18.9. The van der Waals surface area contributed by atoms with Crippen LogP contribution < -0.4 is 4.74 Å². The van der Waals surface area contributed by atoms with Gasteiger partial charge in [-0.05, 0) is 47.5 Å². The van der Waals surface area contributed by atoms with Crippen LogP contribution in [0.2, 0.25) is 0 Å². The van der Waals surface area contributed by atoms with Crippen LogP contribution in [0, 0.1) is 0 Å². The molecule has 0 amide bonds. The van der Waals surface area contributed by atoms with E-state index in [0.29, 0.717) is 6.61 Å². The predicted octanol–water partition coefficient (Wildman–Crippen LogP) is 5.59. The molecule has 2 aromatic carbocycles. The van der Waals surface area contributed by atoms with Crippen molar-refractivity contribution in [3.8, 4) is 33.9 Å². The molecule has 0 bridgehead atoms. The van der Waals surface area contributed by atoms with E-state index in [9.17, 15) is 5.11 Å². The van der Waals surface area contributed by atoms with E-state index in [1.165, 1.54) is 0 Å². The molecule has 0 aliphatic carbocycles. The topological polar surface area (TPSA) is 60.2 Å². The molecule has 5 heteroatoms. The molecular formula is C26H21N3O2. The number of pyridine rings is 2. The van der Waals surface area contributed by atoms with Gasteiger partial charge >= 0.3 is 0 Å². The van der Waals surface area contributed by atoms with Gasteiger partial charge in [-0.2, -0.15) is 0 Å². The molecule has 5 nitrogen and oxygen atoms in total. The van der Waals surface area contributed by atoms with Crippen LogP contribution in [0.3, 0.4) is 0 Å². The molecule has 0 spiro atoms. The Kier molecular flexibility index (Phi) is 4.84. The van der Waals surface area contributed by atoms with Crippen molar-refractivity contribution in [1.82, 2.24) is 14.5 Å². The number of para-hydroxylation sites is 1. The molecule has 0 atom stereocenters. The molecule has 0 saturated heterocycles. The van der Waals surface area contributed by atoms with Gasteiger partial charge in [0, 0.05) is 36.6 Å². The van der Waals surface area contributed by atoms with Crippen molar-refractivity contribution < 1.29 is 9.84 Å². The summed E-state index contributed by atoms with van der Waals surface area (Å²) in [6, 6.07) is 23.7. The van der Waals surface area contributed by atoms with E-state index in [4.69, 9.17) is 4.74 Å². The number of fused-ring (bicyclic) bond motifs is 1. The first-order valence-electron chi connectivity index (χ1n) is 10.1. The first-order chi connectivity index (χ1) is 15.2. The number of aromatic hydroxyl groups is 1. The second-order valence-electron chi connectivity index (χ2n) is 7.40. The fraction of sp³-hybridized carbons (Fsp3) is 0.0769. The van der Waals surface area contributed by atoms with Crippen LogP contribution in [0.1, 0.15) is 5.69 Å². The number of hydrogen-bond acceptors (Lipinski definition) is 4. The van der Waals surface area contributed by atoms with Gasteiger partial charge in [0.1, 0.15) is 12.4 Å². The van der Waals surface area contributed by atoms with Crippen molar-refractivity contribution >= 4 is 10.9 Å². The summed E-state index contributed by atoms with van der Waals surface area (Å²) in [5.74, 6) is 0.973. The Labute approximate surface area is 180 Å². The Morgan fingerprint density at radius 3 is 2.45 bits per heavy atom. The number of ether oxygens (including phenoxy) is 1. The molecule has 0 aliphatic rings. The summed E-state index contributed by atoms with van der Waals surface area (Å²) in [6.45, 7) is 0.392. The van der Waals surface area contributed by atoms with Crippen LogP contribution in [0.5, 0.6) is 11.6 Å². The Morgan fingerprint density at radius 2 is 1.65 bits per heavy atom. The van der Waals surface area contributed by atoms with E-state index in [1.807, 2.05) is 80.0 Å². The fourth-order valence-corrected chi connectivity index (χ4v) is 3.71. The van der Waals surface area contributed by atoms with Gasteiger partial charge in [-0.15, -0.1) is 0 Å². The molecule has 5 rings (SSSR count). The minimum absolute atomic E-state index is 0.223. The van der Waals surface area contributed by atoms with Gasteiger partial charge in [-0.25, -0.2) is 4.98 Å². The second kappa shape index (κ2) is 7.95. The molecule has 1 N–H and O–H groups in total. The third-order valence-corrected chi connectivity index (χ3v) is 5.33. The molecule has 0 aliphatic heterocycles. The molecule has 0 unspecified atom stereocenters. The lowest BCUT2D eigenvalue weighted by atomic mass is 9.99. The largest absolute Gasteiger partial charge is 0.494 e. The lowest BCUT2D eigenvalue weighted by Gasteiger charge is -2.09. The number of aromatic nitrogens is 3. The zero-order valence-electron chi connectivity index (χ0n) is 17.1. The number of nitrogens with zero attached hydrogens (tertiary/aromatic N) is 3. The standard InChI is InChI=1S/C26H21N3O2/c1-29-16-23(18-12-14-27-15-13-18)25(26(29)30)20-7-10-22(11-8-20)31-17-21-9-6-19-4-2-3-5-24(19)28-21/h2-16,30H,17H2,1H3. The monoisotopic (exact) mass is 407 g/mol. The number of hydrogen-bond donors (Lipinski definition) is 1. The molecule has 152 valence electrons. The third kappa shape index (κ3) is 3.73. The molecule has 3 aromatic heterocycles.